The van der Waals surface area contributed by atoms with Crippen LogP contribution < -0.4 is 5.14 Å². The Bertz CT molecular complexity index is 513. The first kappa shape index (κ1) is 10.5. The molecule has 0 aliphatic rings. The van der Waals surface area contributed by atoms with Gasteiger partial charge >= 0.3 is 0 Å². The molecule has 0 atom stereocenters. The number of halogens is 1. The van der Waals surface area contributed by atoms with Crippen LogP contribution in [0.3, 0.4) is 0 Å². The monoisotopic (exact) mass is 238 g/mol. The number of rotatable bonds is 1. The van der Waals surface area contributed by atoms with Gasteiger partial charge in [-0.1, -0.05) is 0 Å². The molecule has 0 radical (unpaired) electrons. The maximum Gasteiger partial charge on any atom is 0.254 e. The number of hydrogen-bond acceptors (Lipinski definition) is 3. The Morgan fingerprint density at radius 2 is 2.08 bits per heavy atom. The van der Waals surface area contributed by atoms with Crippen LogP contribution in [0.25, 0.3) is 4.83 Å². The molecule has 2 aromatic heterocycles. The Hall–Kier alpha value is -0.560. The normalized spacial score (nSPS) is 11.5. The van der Waals surface area contributed by atoms with Gasteiger partial charge in [0.15, 0.2) is 5.03 Å². The van der Waals surface area contributed by atoms with Crippen LogP contribution in [0.5, 0.6) is 0 Å². The summed E-state index contributed by atoms with van der Waals surface area (Å²) < 4.78 is 23.5. The number of fused-ring (bicyclic) bond motifs is 1. The van der Waals surface area contributed by atoms with Gasteiger partial charge in [-0.05, 0) is 12.1 Å². The third kappa shape index (κ3) is 1.71. The van der Waals surface area contributed by atoms with Crippen LogP contribution in [0.2, 0.25) is 0 Å². The Balaban J connectivity index is 0.000000845. The van der Waals surface area contributed by atoms with E-state index in [9.17, 15) is 8.42 Å². The molecule has 13 heavy (non-hydrogen) atoms. The fourth-order valence-electron chi connectivity index (χ4n) is 1.05. The largest absolute Gasteiger partial charge is 0.297 e. The van der Waals surface area contributed by atoms with Crippen LogP contribution in [-0.4, -0.2) is 12.8 Å². The van der Waals surface area contributed by atoms with Crippen molar-refractivity contribution in [2.24, 2.45) is 5.14 Å². The minimum atomic E-state index is -3.59. The van der Waals surface area contributed by atoms with E-state index < -0.39 is 10.0 Å². The molecule has 2 rings (SSSR count). The number of thiazole rings is 1. The summed E-state index contributed by atoms with van der Waals surface area (Å²) in [6, 6.07) is 3.23. The van der Waals surface area contributed by atoms with Gasteiger partial charge in [0, 0.05) is 11.6 Å². The molecule has 0 unspecified atom stereocenters. The number of primary sulfonamides is 1. The molecule has 0 amide bonds. The van der Waals surface area contributed by atoms with Crippen LogP contribution in [0, 0.1) is 0 Å². The highest BCUT2D eigenvalue weighted by molar-refractivity contribution is 7.89. The number of hydrogen-bond donors (Lipinski definition) is 1. The van der Waals surface area contributed by atoms with Gasteiger partial charge in [0.05, 0.1) is 0 Å². The Morgan fingerprint density at radius 3 is 2.69 bits per heavy atom. The van der Waals surface area contributed by atoms with Crippen LogP contribution in [0.1, 0.15) is 0 Å². The van der Waals surface area contributed by atoms with Gasteiger partial charge in [-0.3, -0.25) is 4.40 Å². The zero-order chi connectivity index (χ0) is 8.77. The van der Waals surface area contributed by atoms with Gasteiger partial charge in [0.1, 0.15) is 4.83 Å². The molecule has 0 fully saturated rings. The maximum atomic E-state index is 11.0. The van der Waals surface area contributed by atoms with E-state index in [0.717, 1.165) is 4.83 Å². The molecule has 0 aliphatic carbocycles. The van der Waals surface area contributed by atoms with E-state index in [1.807, 2.05) is 5.38 Å². The van der Waals surface area contributed by atoms with E-state index in [-0.39, 0.29) is 17.4 Å². The molecule has 0 saturated carbocycles. The predicted octanol–water partition coefficient (Wildman–Crippen LogP) is 1.07. The second kappa shape index (κ2) is 3.30. The van der Waals surface area contributed by atoms with Crippen molar-refractivity contribution in [3.8, 4) is 0 Å². The van der Waals surface area contributed by atoms with E-state index >= 15 is 0 Å². The zero-order valence-corrected chi connectivity index (χ0v) is 8.82. The SMILES string of the molecule is Cl.NS(=O)(=O)c1ccc2sccn12. The molecule has 0 saturated heterocycles. The summed E-state index contributed by atoms with van der Waals surface area (Å²) in [6.07, 6.45) is 1.68. The molecule has 2 heterocycles. The lowest BCUT2D eigenvalue weighted by Crippen LogP contribution is -2.13. The van der Waals surface area contributed by atoms with Gasteiger partial charge < -0.3 is 0 Å². The van der Waals surface area contributed by atoms with Gasteiger partial charge in [0.2, 0.25) is 0 Å². The Morgan fingerprint density at radius 1 is 1.38 bits per heavy atom. The van der Waals surface area contributed by atoms with E-state index in [2.05, 4.69) is 0 Å². The third-order valence-electron chi connectivity index (χ3n) is 1.53. The lowest BCUT2D eigenvalue weighted by atomic mass is 10.7. The van der Waals surface area contributed by atoms with Crippen LogP contribution in [0.4, 0.5) is 0 Å². The van der Waals surface area contributed by atoms with Crippen molar-refractivity contribution in [3.05, 3.63) is 23.7 Å². The minimum absolute atomic E-state index is 0. The molecule has 7 heteroatoms. The third-order valence-corrected chi connectivity index (χ3v) is 3.28. The van der Waals surface area contributed by atoms with Gasteiger partial charge in [0.25, 0.3) is 10.0 Å². The maximum absolute atomic E-state index is 11.0. The summed E-state index contributed by atoms with van der Waals surface area (Å²) in [6.45, 7) is 0. The first-order valence-corrected chi connectivity index (χ1v) is 5.59. The average molecular weight is 239 g/mol. The number of sulfonamides is 1. The fourth-order valence-corrected chi connectivity index (χ4v) is 2.54. The molecule has 0 spiro atoms. The summed E-state index contributed by atoms with van der Waals surface area (Å²) in [5.41, 5.74) is 0. The quantitative estimate of drug-likeness (QED) is 0.808. The first-order chi connectivity index (χ1) is 5.59. The lowest BCUT2D eigenvalue weighted by molar-refractivity contribution is 0.593. The number of aromatic nitrogens is 1. The lowest BCUT2D eigenvalue weighted by Gasteiger charge is -1.93. The topological polar surface area (TPSA) is 64.6 Å². The molecule has 2 aromatic rings. The van der Waals surface area contributed by atoms with Gasteiger partial charge in [-0.2, -0.15) is 0 Å². The second-order valence-electron chi connectivity index (χ2n) is 2.33. The average Bonchev–Trinajstić information content (AvgIpc) is 2.37. The van der Waals surface area contributed by atoms with Gasteiger partial charge in [-0.15, -0.1) is 23.7 Å². The van der Waals surface area contributed by atoms with Crippen molar-refractivity contribution in [1.82, 2.24) is 4.40 Å². The molecule has 0 aliphatic heterocycles. The van der Waals surface area contributed by atoms with Crippen molar-refractivity contribution in [2.75, 3.05) is 0 Å². The highest BCUT2D eigenvalue weighted by atomic mass is 35.5. The second-order valence-corrected chi connectivity index (χ2v) is 4.76. The molecule has 4 nitrogen and oxygen atoms in total. The molecule has 2 N–H and O–H groups in total. The van der Waals surface area contributed by atoms with Gasteiger partial charge in [-0.25, -0.2) is 13.6 Å². The summed E-state index contributed by atoms with van der Waals surface area (Å²) in [5.74, 6) is 0. The summed E-state index contributed by atoms with van der Waals surface area (Å²) >= 11 is 1.47. The zero-order valence-electron chi connectivity index (χ0n) is 6.38. The molecule has 72 valence electrons. The molecule has 0 bridgehead atoms. The van der Waals surface area contributed by atoms with Crippen LogP contribution in [0.15, 0.2) is 28.7 Å². The molecular weight excluding hydrogens is 232 g/mol. The van der Waals surface area contributed by atoms with E-state index in [1.54, 1.807) is 16.7 Å². The predicted molar refractivity (Wildman–Crippen MR) is 53.9 cm³/mol. The molecular formula is C6H7ClN2O2S2. The van der Waals surface area contributed by atoms with Crippen LogP contribution >= 0.6 is 23.7 Å². The van der Waals surface area contributed by atoms with Crippen LogP contribution in [-0.2, 0) is 10.0 Å². The Kier molecular flexibility index (Phi) is 2.67. The van der Waals surface area contributed by atoms with Crippen molar-refractivity contribution in [3.63, 3.8) is 0 Å². The fraction of sp³-hybridized carbons (Fsp3) is 0. The number of nitrogens with zero attached hydrogens (tertiary/aromatic N) is 1. The summed E-state index contributed by atoms with van der Waals surface area (Å²) in [7, 11) is -3.59. The van der Waals surface area contributed by atoms with E-state index in [1.165, 1.54) is 17.4 Å². The molecule has 0 aromatic carbocycles. The smallest absolute Gasteiger partial charge is 0.254 e. The first-order valence-electron chi connectivity index (χ1n) is 3.16. The van der Waals surface area contributed by atoms with Crippen molar-refractivity contribution < 1.29 is 8.42 Å². The highest BCUT2D eigenvalue weighted by Gasteiger charge is 2.12. The summed E-state index contributed by atoms with van der Waals surface area (Å²) in [4.78, 5) is 0.874. The van der Waals surface area contributed by atoms with Crippen molar-refractivity contribution >= 4 is 38.6 Å². The van der Waals surface area contributed by atoms with Crippen molar-refractivity contribution in [2.45, 2.75) is 5.03 Å². The van der Waals surface area contributed by atoms with Crippen molar-refractivity contribution in [1.29, 1.82) is 0 Å². The highest BCUT2D eigenvalue weighted by Crippen LogP contribution is 2.18. The Labute approximate surface area is 85.4 Å². The summed E-state index contributed by atoms with van der Waals surface area (Å²) in [5, 5.41) is 6.93. The van der Waals surface area contributed by atoms with E-state index in [4.69, 9.17) is 5.14 Å². The standard InChI is InChI=1S/C6H6N2O2S2.ClH/c7-12(9,10)6-2-1-5-8(6)3-4-11-5;/h1-4H,(H2,7,9,10);1H. The van der Waals surface area contributed by atoms with E-state index in [0.29, 0.717) is 0 Å². The minimum Gasteiger partial charge on any atom is -0.297 e. The number of nitrogens with two attached hydrogens (primary N) is 1.